The minimum Gasteiger partial charge on any atom is -0.378 e. The molecule has 18 heavy (non-hydrogen) atoms. The minimum atomic E-state index is 0.0900. The molecule has 0 aliphatic carbocycles. The maximum absolute atomic E-state index is 6.18. The number of unbranched alkanes of at least 4 members (excludes halogenated alkanes) is 3. The lowest BCUT2D eigenvalue weighted by molar-refractivity contribution is -0.00392. The van der Waals surface area contributed by atoms with Gasteiger partial charge in [-0.15, -0.1) is 11.6 Å². The van der Waals surface area contributed by atoms with Crippen LogP contribution in [0, 0.1) is 12.5 Å². The predicted molar refractivity (Wildman–Crippen MR) is 78.6 cm³/mol. The van der Waals surface area contributed by atoms with Crippen molar-refractivity contribution in [3.05, 3.63) is 6.54 Å². The summed E-state index contributed by atoms with van der Waals surface area (Å²) in [5, 5.41) is 3.19. The fraction of sp³-hybridized carbons (Fsp3) is 0.933. The van der Waals surface area contributed by atoms with Gasteiger partial charge in [0.2, 0.25) is 0 Å². The zero-order chi connectivity index (χ0) is 13.2. The van der Waals surface area contributed by atoms with Crippen LogP contribution in [0.4, 0.5) is 0 Å². The molecule has 2 nitrogen and oxygen atoms in total. The van der Waals surface area contributed by atoms with Gasteiger partial charge in [-0.3, -0.25) is 5.32 Å². The second-order valence-corrected chi connectivity index (χ2v) is 5.86. The molecule has 0 amide bonds. The van der Waals surface area contributed by atoms with Gasteiger partial charge < -0.3 is 4.74 Å². The van der Waals surface area contributed by atoms with E-state index < -0.39 is 0 Å². The summed E-state index contributed by atoms with van der Waals surface area (Å²) < 4.78 is 6.11. The summed E-state index contributed by atoms with van der Waals surface area (Å²) >= 11 is 6.18. The quantitative estimate of drug-likeness (QED) is 0.380. The third-order valence-electron chi connectivity index (χ3n) is 3.68. The zero-order valence-electron chi connectivity index (χ0n) is 12.0. The van der Waals surface area contributed by atoms with Gasteiger partial charge in [-0.2, -0.15) is 0 Å². The number of rotatable bonds is 9. The van der Waals surface area contributed by atoms with Crippen LogP contribution in [0.25, 0.3) is 0 Å². The van der Waals surface area contributed by atoms with E-state index in [0.717, 1.165) is 19.4 Å². The Hall–Kier alpha value is 0.210. The Labute approximate surface area is 118 Å². The third-order valence-corrected chi connectivity index (χ3v) is 3.98. The van der Waals surface area contributed by atoms with Gasteiger partial charge in [-0.1, -0.05) is 39.5 Å². The lowest BCUT2D eigenvalue weighted by Gasteiger charge is -2.33. The molecule has 1 N–H and O–H groups in total. The first kappa shape index (κ1) is 16.3. The van der Waals surface area contributed by atoms with E-state index in [0.29, 0.717) is 12.0 Å². The molecule has 0 aromatic carbocycles. The minimum absolute atomic E-state index is 0.0900. The molecule has 0 aromatic rings. The second kappa shape index (κ2) is 10.1. The number of hydrogen-bond donors (Lipinski definition) is 1. The van der Waals surface area contributed by atoms with E-state index in [-0.39, 0.29) is 5.50 Å². The summed E-state index contributed by atoms with van der Waals surface area (Å²) in [5.41, 5.74) is 0.0900. The number of piperidine rings is 1. The van der Waals surface area contributed by atoms with E-state index in [1.807, 2.05) is 0 Å². The molecule has 107 valence electrons. The predicted octanol–water partition coefficient (Wildman–Crippen LogP) is 4.48. The van der Waals surface area contributed by atoms with Crippen LogP contribution in [0.5, 0.6) is 0 Å². The molecular formula is C15H29ClNO. The van der Waals surface area contributed by atoms with Gasteiger partial charge in [0.1, 0.15) is 0 Å². The maximum Gasteiger partial charge on any atom is 0.0831 e. The van der Waals surface area contributed by atoms with Crippen LogP contribution in [0.3, 0.4) is 0 Å². The molecule has 1 aliphatic rings. The highest BCUT2D eigenvalue weighted by atomic mass is 35.5. The Morgan fingerprint density at radius 3 is 2.72 bits per heavy atom. The average Bonchev–Trinajstić information content (AvgIpc) is 2.37. The van der Waals surface area contributed by atoms with Crippen LogP contribution < -0.4 is 5.32 Å². The van der Waals surface area contributed by atoms with E-state index in [1.165, 1.54) is 38.5 Å². The van der Waals surface area contributed by atoms with Gasteiger partial charge in [0.15, 0.2) is 0 Å². The highest BCUT2D eigenvalue weighted by molar-refractivity contribution is 6.20. The van der Waals surface area contributed by atoms with Gasteiger partial charge in [-0.25, -0.2) is 0 Å². The van der Waals surface area contributed by atoms with Crippen LogP contribution in [-0.4, -0.2) is 18.2 Å². The van der Waals surface area contributed by atoms with E-state index in [9.17, 15) is 0 Å². The molecule has 3 heteroatoms. The highest BCUT2D eigenvalue weighted by Crippen LogP contribution is 2.28. The average molecular weight is 275 g/mol. The van der Waals surface area contributed by atoms with Crippen molar-refractivity contribution in [2.75, 3.05) is 6.61 Å². The molecule has 0 saturated carbocycles. The summed E-state index contributed by atoms with van der Waals surface area (Å²) in [7, 11) is 0. The largest absolute Gasteiger partial charge is 0.378 e. The molecule has 1 radical (unpaired) electrons. The van der Waals surface area contributed by atoms with Crippen molar-refractivity contribution in [1.29, 1.82) is 0 Å². The molecule has 1 heterocycles. The Morgan fingerprint density at radius 1 is 1.28 bits per heavy atom. The van der Waals surface area contributed by atoms with E-state index in [2.05, 4.69) is 25.7 Å². The standard InChI is InChI=1S/C15H29ClNO/c1-3-5-7-8-14(18-11-6-4-2)13-9-10-17-15(16)12-13/h10,13-15,17H,3-9,11-12H2,1-2H3. The fourth-order valence-corrected chi connectivity index (χ4v) is 2.83. The van der Waals surface area contributed by atoms with Crippen molar-refractivity contribution in [3.8, 4) is 0 Å². The molecule has 1 rings (SSSR count). The second-order valence-electron chi connectivity index (χ2n) is 5.33. The van der Waals surface area contributed by atoms with Gasteiger partial charge in [0.05, 0.1) is 11.6 Å². The normalized spacial score (nSPS) is 26.2. The molecule has 0 aromatic heterocycles. The fourth-order valence-electron chi connectivity index (χ4n) is 2.51. The highest BCUT2D eigenvalue weighted by Gasteiger charge is 2.27. The van der Waals surface area contributed by atoms with Gasteiger partial charge in [-0.05, 0) is 31.6 Å². The van der Waals surface area contributed by atoms with Crippen molar-refractivity contribution in [3.63, 3.8) is 0 Å². The molecule has 1 saturated heterocycles. The van der Waals surface area contributed by atoms with Crippen molar-refractivity contribution in [2.24, 2.45) is 5.92 Å². The first-order chi connectivity index (χ1) is 8.77. The number of nitrogens with one attached hydrogen (secondary N) is 1. The zero-order valence-corrected chi connectivity index (χ0v) is 12.7. The van der Waals surface area contributed by atoms with Gasteiger partial charge in [0.25, 0.3) is 0 Å². The molecule has 1 aliphatic heterocycles. The van der Waals surface area contributed by atoms with Crippen LogP contribution in [0.2, 0.25) is 0 Å². The summed E-state index contributed by atoms with van der Waals surface area (Å²) in [6.45, 7) is 7.48. The van der Waals surface area contributed by atoms with E-state index in [1.54, 1.807) is 0 Å². The number of halogens is 1. The topological polar surface area (TPSA) is 21.3 Å². The Balaban J connectivity index is 2.35. The van der Waals surface area contributed by atoms with Crippen molar-refractivity contribution in [2.45, 2.75) is 76.8 Å². The van der Waals surface area contributed by atoms with E-state index in [4.69, 9.17) is 16.3 Å². The summed E-state index contributed by atoms with van der Waals surface area (Å²) in [4.78, 5) is 0. The van der Waals surface area contributed by atoms with Gasteiger partial charge in [0, 0.05) is 13.2 Å². The first-order valence-electron chi connectivity index (χ1n) is 7.61. The monoisotopic (exact) mass is 274 g/mol. The molecule has 3 unspecified atom stereocenters. The maximum atomic E-state index is 6.18. The van der Waals surface area contributed by atoms with Crippen LogP contribution in [0.1, 0.15) is 65.2 Å². The van der Waals surface area contributed by atoms with Crippen molar-refractivity contribution >= 4 is 11.6 Å². The number of alkyl halides is 1. The lowest BCUT2D eigenvalue weighted by Crippen LogP contribution is -2.37. The Bertz CT molecular complexity index is 191. The summed E-state index contributed by atoms with van der Waals surface area (Å²) in [6, 6.07) is 0. The molecule has 1 fully saturated rings. The van der Waals surface area contributed by atoms with Crippen molar-refractivity contribution < 1.29 is 4.74 Å². The van der Waals surface area contributed by atoms with Crippen LogP contribution >= 0.6 is 11.6 Å². The number of ether oxygens (including phenoxy) is 1. The third kappa shape index (κ3) is 6.40. The summed E-state index contributed by atoms with van der Waals surface area (Å²) in [6.07, 6.45) is 9.96. The van der Waals surface area contributed by atoms with Crippen molar-refractivity contribution in [1.82, 2.24) is 5.32 Å². The first-order valence-corrected chi connectivity index (χ1v) is 8.05. The molecule has 3 atom stereocenters. The van der Waals surface area contributed by atoms with E-state index >= 15 is 0 Å². The van der Waals surface area contributed by atoms with Crippen LogP contribution in [-0.2, 0) is 4.74 Å². The SMILES string of the molecule is CCCCCC(OCCCC)C1C[CH]NC(Cl)C1. The Morgan fingerprint density at radius 2 is 2.06 bits per heavy atom. The number of hydrogen-bond acceptors (Lipinski definition) is 2. The smallest absolute Gasteiger partial charge is 0.0831 e. The molecule has 0 bridgehead atoms. The molecular weight excluding hydrogens is 246 g/mol. The van der Waals surface area contributed by atoms with Crippen LogP contribution in [0.15, 0.2) is 0 Å². The van der Waals surface area contributed by atoms with Gasteiger partial charge >= 0.3 is 0 Å². The summed E-state index contributed by atoms with van der Waals surface area (Å²) in [5.74, 6) is 0.600. The Kier molecular flexibility index (Phi) is 9.08. The lowest BCUT2D eigenvalue weighted by atomic mass is 9.89. The molecule has 0 spiro atoms.